The summed E-state index contributed by atoms with van der Waals surface area (Å²) in [6, 6.07) is 0.689. The lowest BCUT2D eigenvalue weighted by Gasteiger charge is -2.42. The maximum atomic E-state index is 4.53. The topological polar surface area (TPSA) is 29.9 Å². The Kier molecular flexibility index (Phi) is 2.85. The number of hydrogen-bond donors (Lipinski definition) is 1. The van der Waals surface area contributed by atoms with Crippen molar-refractivity contribution in [2.75, 3.05) is 5.32 Å². The van der Waals surface area contributed by atoms with Crippen molar-refractivity contribution in [3.05, 3.63) is 12.4 Å². The van der Waals surface area contributed by atoms with Crippen LogP contribution in [0.3, 0.4) is 0 Å². The molecule has 1 aromatic rings. The van der Waals surface area contributed by atoms with Gasteiger partial charge in [-0.2, -0.15) is 0 Å². The van der Waals surface area contributed by atoms with Gasteiger partial charge in [0.1, 0.15) is 0 Å². The molecule has 2 fully saturated rings. The molecule has 1 heterocycles. The number of imidazole rings is 1. The first-order valence-corrected chi connectivity index (χ1v) is 7.14. The van der Waals surface area contributed by atoms with Crippen LogP contribution in [0.2, 0.25) is 0 Å². The Bertz CT molecular complexity index is 367. The molecule has 17 heavy (non-hydrogen) atoms. The summed E-state index contributed by atoms with van der Waals surface area (Å²) in [6.07, 6.45) is 14.7. The summed E-state index contributed by atoms with van der Waals surface area (Å²) in [6.45, 7) is 2.29. The summed E-state index contributed by atoms with van der Waals surface area (Å²) in [7, 11) is 0. The zero-order valence-corrected chi connectivity index (χ0v) is 10.8. The van der Waals surface area contributed by atoms with Gasteiger partial charge in [0.2, 0.25) is 5.95 Å². The van der Waals surface area contributed by atoms with Gasteiger partial charge in [-0.15, -0.1) is 0 Å². The standard InChI is InChI=1S/C14H23N3/c1-2-14(8-5-9-14)16-13-15-10-11-17(13)12-6-3-4-7-12/h10-12H,2-9H2,1H3,(H,15,16). The third-order valence-corrected chi connectivity index (χ3v) is 4.75. The van der Waals surface area contributed by atoms with Gasteiger partial charge in [-0.25, -0.2) is 4.98 Å². The van der Waals surface area contributed by atoms with Gasteiger partial charge in [-0.1, -0.05) is 19.8 Å². The molecule has 0 aliphatic heterocycles. The largest absolute Gasteiger partial charge is 0.350 e. The van der Waals surface area contributed by atoms with E-state index in [9.17, 15) is 0 Å². The maximum Gasteiger partial charge on any atom is 0.203 e. The van der Waals surface area contributed by atoms with Gasteiger partial charge in [0.25, 0.3) is 0 Å². The molecular formula is C14H23N3. The lowest BCUT2D eigenvalue weighted by Crippen LogP contribution is -2.45. The SMILES string of the molecule is CCC1(Nc2nccn2C2CCCC2)CCC1. The fourth-order valence-electron chi connectivity index (χ4n) is 3.29. The van der Waals surface area contributed by atoms with Crippen molar-refractivity contribution in [2.45, 2.75) is 69.9 Å². The van der Waals surface area contributed by atoms with Crippen LogP contribution >= 0.6 is 0 Å². The van der Waals surface area contributed by atoms with E-state index in [4.69, 9.17) is 0 Å². The van der Waals surface area contributed by atoms with Crippen molar-refractivity contribution >= 4 is 5.95 Å². The van der Waals surface area contributed by atoms with Crippen LogP contribution in [0.15, 0.2) is 12.4 Å². The van der Waals surface area contributed by atoms with E-state index in [-0.39, 0.29) is 0 Å². The van der Waals surface area contributed by atoms with Gasteiger partial charge < -0.3 is 9.88 Å². The molecule has 1 N–H and O–H groups in total. The highest BCUT2D eigenvalue weighted by Crippen LogP contribution is 2.39. The van der Waals surface area contributed by atoms with E-state index in [0.717, 1.165) is 5.95 Å². The Hall–Kier alpha value is -0.990. The number of nitrogens with zero attached hydrogens (tertiary/aromatic N) is 2. The van der Waals surface area contributed by atoms with Crippen LogP contribution in [-0.2, 0) is 0 Å². The van der Waals surface area contributed by atoms with Gasteiger partial charge in [0, 0.05) is 24.0 Å². The molecule has 0 amide bonds. The van der Waals surface area contributed by atoms with Crippen molar-refractivity contribution < 1.29 is 0 Å². The van der Waals surface area contributed by atoms with Crippen molar-refractivity contribution in [2.24, 2.45) is 0 Å². The zero-order valence-electron chi connectivity index (χ0n) is 10.8. The first-order chi connectivity index (χ1) is 8.33. The molecule has 0 atom stereocenters. The van der Waals surface area contributed by atoms with E-state index in [0.29, 0.717) is 11.6 Å². The van der Waals surface area contributed by atoms with E-state index < -0.39 is 0 Å². The number of anilines is 1. The maximum absolute atomic E-state index is 4.53. The van der Waals surface area contributed by atoms with Crippen molar-refractivity contribution in [1.82, 2.24) is 9.55 Å². The molecule has 2 aliphatic rings. The predicted octanol–water partition coefficient (Wildman–Crippen LogP) is 3.74. The Labute approximate surface area is 104 Å². The quantitative estimate of drug-likeness (QED) is 0.858. The molecule has 0 radical (unpaired) electrons. The average Bonchev–Trinajstić information content (AvgIpc) is 2.93. The smallest absolute Gasteiger partial charge is 0.203 e. The Morgan fingerprint density at radius 1 is 1.35 bits per heavy atom. The normalized spacial score (nSPS) is 23.6. The molecule has 2 saturated carbocycles. The summed E-state index contributed by atoms with van der Waals surface area (Å²) in [4.78, 5) is 4.53. The molecule has 1 aromatic heterocycles. The molecule has 2 aliphatic carbocycles. The van der Waals surface area contributed by atoms with E-state index in [1.54, 1.807) is 0 Å². The third kappa shape index (κ3) is 1.96. The van der Waals surface area contributed by atoms with E-state index in [1.807, 2.05) is 6.20 Å². The molecule has 0 aromatic carbocycles. The third-order valence-electron chi connectivity index (χ3n) is 4.75. The molecule has 3 rings (SSSR count). The van der Waals surface area contributed by atoms with Gasteiger partial charge in [0.15, 0.2) is 0 Å². The number of hydrogen-bond acceptors (Lipinski definition) is 2. The zero-order chi connectivity index (χ0) is 11.7. The molecule has 94 valence electrons. The minimum absolute atomic E-state index is 0.349. The Balaban J connectivity index is 1.76. The second-order valence-electron chi connectivity index (χ2n) is 5.71. The van der Waals surface area contributed by atoms with E-state index in [2.05, 4.69) is 28.0 Å². The fraction of sp³-hybridized carbons (Fsp3) is 0.786. The Morgan fingerprint density at radius 3 is 2.71 bits per heavy atom. The van der Waals surface area contributed by atoms with Crippen molar-refractivity contribution in [3.8, 4) is 0 Å². The second kappa shape index (κ2) is 4.35. The fourth-order valence-corrected chi connectivity index (χ4v) is 3.29. The lowest BCUT2D eigenvalue weighted by atomic mass is 9.75. The Morgan fingerprint density at radius 2 is 2.12 bits per heavy atom. The van der Waals surface area contributed by atoms with Gasteiger partial charge in [-0.05, 0) is 38.5 Å². The molecular weight excluding hydrogens is 210 g/mol. The molecule has 0 saturated heterocycles. The minimum Gasteiger partial charge on any atom is -0.350 e. The molecule has 3 heteroatoms. The van der Waals surface area contributed by atoms with Crippen molar-refractivity contribution in [3.63, 3.8) is 0 Å². The van der Waals surface area contributed by atoms with Crippen LogP contribution in [0.5, 0.6) is 0 Å². The van der Waals surface area contributed by atoms with Crippen LogP contribution in [0.4, 0.5) is 5.95 Å². The minimum atomic E-state index is 0.349. The first kappa shape index (κ1) is 11.1. The summed E-state index contributed by atoms with van der Waals surface area (Å²) in [5, 5.41) is 3.72. The summed E-state index contributed by atoms with van der Waals surface area (Å²) in [5.41, 5.74) is 0.349. The van der Waals surface area contributed by atoms with Crippen LogP contribution < -0.4 is 5.32 Å². The summed E-state index contributed by atoms with van der Waals surface area (Å²) in [5.74, 6) is 1.11. The first-order valence-electron chi connectivity index (χ1n) is 7.14. The van der Waals surface area contributed by atoms with E-state index in [1.165, 1.54) is 51.4 Å². The lowest BCUT2D eigenvalue weighted by molar-refractivity contribution is 0.266. The van der Waals surface area contributed by atoms with Crippen LogP contribution in [0, 0.1) is 0 Å². The van der Waals surface area contributed by atoms with Crippen molar-refractivity contribution in [1.29, 1.82) is 0 Å². The number of aromatic nitrogens is 2. The van der Waals surface area contributed by atoms with Gasteiger partial charge in [-0.3, -0.25) is 0 Å². The highest BCUT2D eigenvalue weighted by atomic mass is 15.2. The molecule has 0 unspecified atom stereocenters. The number of nitrogens with one attached hydrogen (secondary N) is 1. The van der Waals surface area contributed by atoms with Crippen LogP contribution in [0.25, 0.3) is 0 Å². The second-order valence-corrected chi connectivity index (χ2v) is 5.71. The van der Waals surface area contributed by atoms with Gasteiger partial charge in [0.05, 0.1) is 0 Å². The van der Waals surface area contributed by atoms with Gasteiger partial charge >= 0.3 is 0 Å². The number of rotatable bonds is 4. The predicted molar refractivity (Wildman–Crippen MR) is 70.2 cm³/mol. The molecule has 3 nitrogen and oxygen atoms in total. The molecule has 0 bridgehead atoms. The van der Waals surface area contributed by atoms with E-state index >= 15 is 0 Å². The summed E-state index contributed by atoms with van der Waals surface area (Å²) < 4.78 is 2.38. The van der Waals surface area contributed by atoms with Crippen LogP contribution in [0.1, 0.15) is 64.3 Å². The van der Waals surface area contributed by atoms with Crippen LogP contribution in [-0.4, -0.2) is 15.1 Å². The highest BCUT2D eigenvalue weighted by molar-refractivity contribution is 5.33. The highest BCUT2D eigenvalue weighted by Gasteiger charge is 2.36. The molecule has 0 spiro atoms. The average molecular weight is 233 g/mol. The monoisotopic (exact) mass is 233 g/mol. The summed E-state index contributed by atoms with van der Waals surface area (Å²) >= 11 is 0.